The first kappa shape index (κ1) is 23.3. The van der Waals surface area contributed by atoms with E-state index in [1.165, 1.54) is 0 Å². The lowest BCUT2D eigenvalue weighted by Gasteiger charge is -2.46. The Hall–Kier alpha value is -3.41. The minimum atomic E-state index is -2.58. The number of hydrogen-bond donors (Lipinski definition) is 6. The van der Waals surface area contributed by atoms with Gasteiger partial charge in [-0.25, -0.2) is 0 Å². The van der Waals surface area contributed by atoms with Gasteiger partial charge in [-0.2, -0.15) is 0 Å². The number of amides is 1. The number of carbonyl (C=O) groups excluding carboxylic acids is 3. The second-order valence-electron chi connectivity index (χ2n) is 9.62. The lowest BCUT2D eigenvalue weighted by Crippen LogP contribution is -2.58. The Labute approximate surface area is 200 Å². The molecule has 1 aromatic carbocycles. The first-order chi connectivity index (χ1) is 16.6. The molecule has 0 spiro atoms. The largest absolute Gasteiger partial charge is 0.508 e. The van der Waals surface area contributed by atoms with E-state index < -0.39 is 52.0 Å². The Balaban J connectivity index is 1.62. The van der Waals surface area contributed by atoms with Crippen molar-refractivity contribution in [2.75, 3.05) is 32.0 Å². The van der Waals surface area contributed by atoms with E-state index in [2.05, 4.69) is 4.90 Å². The number of phenols is 1. The standard InChI is InChI=1S/C24H27N3O8/c25-14-7-11(9-27-1-3-35-4-2-27)19(29)17-13(14)6-10-5-12-8-15(28)18(23(26)33)22(32)24(12,34)21(31)16(10)20(17)30/h7,10,12,29-30,32,34H,1-6,8-9,25H2,(H2,26,33)/t10?,12-,24-/m0/s1. The van der Waals surface area contributed by atoms with Crippen LogP contribution in [-0.4, -0.2) is 74.7 Å². The number of phenolic OH excluding ortho intramolecular Hbond substituents is 1. The lowest BCUT2D eigenvalue weighted by atomic mass is 9.59. The van der Waals surface area contributed by atoms with E-state index >= 15 is 0 Å². The van der Waals surface area contributed by atoms with E-state index in [1.807, 2.05) is 0 Å². The van der Waals surface area contributed by atoms with Gasteiger partial charge in [-0.1, -0.05) is 0 Å². The Bertz CT molecular complexity index is 1230. The number of nitrogens with zero attached hydrogens (tertiary/aromatic N) is 1. The van der Waals surface area contributed by atoms with Gasteiger partial charge in [-0.15, -0.1) is 0 Å². The molecule has 1 heterocycles. The van der Waals surface area contributed by atoms with Crippen LogP contribution in [0.4, 0.5) is 5.69 Å². The van der Waals surface area contributed by atoms with Gasteiger partial charge in [0.15, 0.2) is 11.4 Å². The van der Waals surface area contributed by atoms with Crippen molar-refractivity contribution in [1.29, 1.82) is 0 Å². The molecule has 3 aliphatic carbocycles. The number of ketones is 2. The fourth-order valence-electron chi connectivity index (χ4n) is 5.90. The summed E-state index contributed by atoms with van der Waals surface area (Å²) in [5.74, 6) is -6.50. The number of nitrogens with two attached hydrogens (primary N) is 2. The zero-order valence-corrected chi connectivity index (χ0v) is 18.9. The number of carbonyl (C=O) groups is 3. The molecular weight excluding hydrogens is 458 g/mol. The summed E-state index contributed by atoms with van der Waals surface area (Å²) in [6.07, 6.45) is -0.106. The zero-order chi connectivity index (χ0) is 25.2. The van der Waals surface area contributed by atoms with Crippen molar-refractivity contribution in [3.8, 4) is 5.75 Å². The van der Waals surface area contributed by atoms with Crippen molar-refractivity contribution in [3.05, 3.63) is 39.7 Å². The third kappa shape index (κ3) is 3.33. The smallest absolute Gasteiger partial charge is 0.255 e. The fraction of sp³-hybridized carbons (Fsp3) is 0.458. The molecule has 35 heavy (non-hydrogen) atoms. The summed E-state index contributed by atoms with van der Waals surface area (Å²) in [7, 11) is 0. The average Bonchev–Trinajstić information content (AvgIpc) is 2.80. The molecule has 11 nitrogen and oxygen atoms in total. The van der Waals surface area contributed by atoms with Crippen molar-refractivity contribution >= 4 is 28.9 Å². The number of rotatable bonds is 3. The predicted octanol–water partition coefficient (Wildman–Crippen LogP) is -0.162. The minimum absolute atomic E-state index is 0.0142. The third-order valence-electron chi connectivity index (χ3n) is 7.67. The summed E-state index contributed by atoms with van der Waals surface area (Å²) in [6.45, 7) is 2.78. The van der Waals surface area contributed by atoms with Crippen LogP contribution in [0.1, 0.15) is 29.5 Å². The number of aliphatic hydroxyl groups excluding tert-OH is 2. The van der Waals surface area contributed by atoms with Crippen LogP contribution in [0.3, 0.4) is 0 Å². The minimum Gasteiger partial charge on any atom is -0.508 e. The molecule has 0 radical (unpaired) electrons. The van der Waals surface area contributed by atoms with E-state index in [1.54, 1.807) is 6.07 Å². The van der Waals surface area contributed by atoms with Gasteiger partial charge in [0.1, 0.15) is 22.8 Å². The van der Waals surface area contributed by atoms with Gasteiger partial charge < -0.3 is 36.6 Å². The number of primary amides is 1. The number of Topliss-reactive ketones (excluding diaryl/α,β-unsaturated/α-hetero) is 2. The number of anilines is 1. The topological polar surface area (TPSA) is 197 Å². The predicted molar refractivity (Wildman–Crippen MR) is 122 cm³/mol. The third-order valence-corrected chi connectivity index (χ3v) is 7.67. The molecule has 0 bridgehead atoms. The van der Waals surface area contributed by atoms with Crippen LogP contribution in [0, 0.1) is 11.8 Å². The molecule has 0 aromatic heterocycles. The zero-order valence-electron chi connectivity index (χ0n) is 18.9. The van der Waals surface area contributed by atoms with Gasteiger partial charge in [-0.3, -0.25) is 19.3 Å². The molecule has 2 fully saturated rings. The molecule has 4 aliphatic rings. The van der Waals surface area contributed by atoms with E-state index in [4.69, 9.17) is 16.2 Å². The van der Waals surface area contributed by atoms with Crippen molar-refractivity contribution in [2.45, 2.75) is 31.4 Å². The summed E-state index contributed by atoms with van der Waals surface area (Å²) in [5, 5.41) is 44.2. The van der Waals surface area contributed by atoms with Gasteiger partial charge in [-0.05, 0) is 30.4 Å². The molecule has 1 aliphatic heterocycles. The molecule has 8 N–H and O–H groups in total. The van der Waals surface area contributed by atoms with Crippen molar-refractivity contribution in [2.24, 2.45) is 17.6 Å². The van der Waals surface area contributed by atoms with Crippen LogP contribution in [0.15, 0.2) is 23.0 Å². The number of ether oxygens (including phenoxy) is 1. The van der Waals surface area contributed by atoms with Gasteiger partial charge in [0.2, 0.25) is 5.78 Å². The number of nitrogen functional groups attached to an aromatic ring is 1. The summed E-state index contributed by atoms with van der Waals surface area (Å²) < 4.78 is 5.35. The summed E-state index contributed by atoms with van der Waals surface area (Å²) >= 11 is 0. The highest BCUT2D eigenvalue weighted by atomic mass is 16.5. The SMILES string of the molecule is NC(=O)C1=C(O)[C@@]2(O)C(=O)C3=C(O)c4c(O)c(CN5CCOCC5)cc(N)c4CC3C[C@H]2CC1=O. The molecular formula is C24H27N3O8. The van der Waals surface area contributed by atoms with E-state index in [9.17, 15) is 34.8 Å². The maximum Gasteiger partial charge on any atom is 0.255 e. The van der Waals surface area contributed by atoms with Gasteiger partial charge in [0.25, 0.3) is 5.91 Å². The second kappa shape index (κ2) is 8.08. The molecule has 186 valence electrons. The number of morpholine rings is 1. The Morgan fingerprint density at radius 1 is 1.17 bits per heavy atom. The van der Waals surface area contributed by atoms with E-state index in [0.717, 1.165) is 0 Å². The van der Waals surface area contributed by atoms with Crippen LogP contribution >= 0.6 is 0 Å². The highest BCUT2D eigenvalue weighted by Crippen LogP contribution is 2.53. The van der Waals surface area contributed by atoms with Crippen molar-refractivity contribution in [1.82, 2.24) is 4.90 Å². The van der Waals surface area contributed by atoms with Gasteiger partial charge in [0.05, 0.1) is 18.8 Å². The van der Waals surface area contributed by atoms with Gasteiger partial charge in [0, 0.05) is 48.8 Å². The maximum atomic E-state index is 13.6. The quantitative estimate of drug-likeness (QED) is 0.190. The summed E-state index contributed by atoms with van der Waals surface area (Å²) in [6, 6.07) is 1.65. The number of aromatic hydroxyl groups is 1. The summed E-state index contributed by atoms with van der Waals surface area (Å²) in [5.41, 5.74) is 9.24. The Morgan fingerprint density at radius 2 is 1.86 bits per heavy atom. The van der Waals surface area contributed by atoms with Crippen LogP contribution in [0.5, 0.6) is 5.75 Å². The number of fused-ring (bicyclic) bond motifs is 3. The number of hydrogen-bond acceptors (Lipinski definition) is 10. The average molecular weight is 485 g/mol. The number of benzene rings is 1. The van der Waals surface area contributed by atoms with Crippen LogP contribution in [0.25, 0.3) is 5.76 Å². The summed E-state index contributed by atoms with van der Waals surface area (Å²) in [4.78, 5) is 39.8. The molecule has 1 unspecified atom stereocenters. The second-order valence-corrected chi connectivity index (χ2v) is 9.62. The molecule has 1 saturated carbocycles. The first-order valence-corrected chi connectivity index (χ1v) is 11.5. The van der Waals surface area contributed by atoms with Gasteiger partial charge >= 0.3 is 0 Å². The highest BCUT2D eigenvalue weighted by Gasteiger charge is 2.60. The van der Waals surface area contributed by atoms with Crippen molar-refractivity contribution in [3.63, 3.8) is 0 Å². The van der Waals surface area contributed by atoms with Crippen LogP contribution in [-0.2, 0) is 32.1 Å². The molecule has 1 amide bonds. The highest BCUT2D eigenvalue weighted by molar-refractivity contribution is 6.22. The van der Waals surface area contributed by atoms with Crippen LogP contribution < -0.4 is 11.5 Å². The Morgan fingerprint density at radius 3 is 2.51 bits per heavy atom. The lowest BCUT2D eigenvalue weighted by molar-refractivity contribution is -0.147. The molecule has 11 heteroatoms. The molecule has 5 rings (SSSR count). The fourth-order valence-corrected chi connectivity index (χ4v) is 5.90. The maximum absolute atomic E-state index is 13.6. The Kier molecular flexibility index (Phi) is 5.38. The van der Waals surface area contributed by atoms with Crippen molar-refractivity contribution < 1.29 is 39.5 Å². The molecule has 1 aromatic rings. The normalized spacial score (nSPS) is 29.1. The first-order valence-electron chi connectivity index (χ1n) is 11.5. The number of aliphatic hydroxyl groups is 3. The van der Waals surface area contributed by atoms with E-state index in [0.29, 0.717) is 49.7 Å². The molecule has 3 atom stereocenters. The van der Waals surface area contributed by atoms with E-state index in [-0.39, 0.29) is 36.1 Å². The molecule has 1 saturated heterocycles. The monoisotopic (exact) mass is 485 g/mol. The van der Waals surface area contributed by atoms with Crippen LogP contribution in [0.2, 0.25) is 0 Å².